The fraction of sp³-hybridized carbons (Fsp3) is 0.400. The lowest BCUT2D eigenvalue weighted by Crippen LogP contribution is -1.96. The molecule has 14 heavy (non-hydrogen) atoms. The van der Waals surface area contributed by atoms with Gasteiger partial charge < -0.3 is 9.47 Å². The van der Waals surface area contributed by atoms with Crippen LogP contribution >= 0.6 is 27.5 Å². The van der Waals surface area contributed by atoms with E-state index in [4.69, 9.17) is 21.1 Å². The number of halogens is 2. The van der Waals surface area contributed by atoms with Gasteiger partial charge >= 0.3 is 0 Å². The van der Waals surface area contributed by atoms with Crippen molar-refractivity contribution < 1.29 is 9.47 Å². The van der Waals surface area contributed by atoms with Crippen LogP contribution in [0.25, 0.3) is 0 Å². The van der Waals surface area contributed by atoms with Crippen LogP contribution in [0.1, 0.15) is 13.8 Å². The molecule has 78 valence electrons. The standard InChI is InChI=1S/C10H12BrClO2/c1-3-13-8-5-7(11)6-9(10(8)12)14-4-2/h5-6H,3-4H2,1-2H3. The van der Waals surface area contributed by atoms with Crippen molar-refractivity contribution in [3.05, 3.63) is 21.6 Å². The monoisotopic (exact) mass is 278 g/mol. The summed E-state index contributed by atoms with van der Waals surface area (Å²) in [6.07, 6.45) is 0. The topological polar surface area (TPSA) is 18.5 Å². The van der Waals surface area contributed by atoms with E-state index in [1.54, 1.807) is 0 Å². The Morgan fingerprint density at radius 2 is 1.57 bits per heavy atom. The van der Waals surface area contributed by atoms with Gasteiger partial charge in [0.2, 0.25) is 0 Å². The molecular weight excluding hydrogens is 267 g/mol. The van der Waals surface area contributed by atoms with Gasteiger partial charge in [-0.3, -0.25) is 0 Å². The van der Waals surface area contributed by atoms with Gasteiger partial charge in [-0.05, 0) is 26.0 Å². The maximum Gasteiger partial charge on any atom is 0.142 e. The van der Waals surface area contributed by atoms with E-state index in [-0.39, 0.29) is 0 Å². The average Bonchev–Trinajstić information content (AvgIpc) is 2.14. The lowest BCUT2D eigenvalue weighted by atomic mass is 10.3. The molecule has 0 N–H and O–H groups in total. The van der Waals surface area contributed by atoms with Gasteiger partial charge in [0, 0.05) is 4.47 Å². The summed E-state index contributed by atoms with van der Waals surface area (Å²) >= 11 is 9.44. The number of ether oxygens (including phenoxy) is 2. The molecule has 0 bridgehead atoms. The first-order valence-electron chi connectivity index (χ1n) is 4.43. The van der Waals surface area contributed by atoms with E-state index >= 15 is 0 Å². The lowest BCUT2D eigenvalue weighted by Gasteiger charge is -2.11. The number of hydrogen-bond acceptors (Lipinski definition) is 2. The van der Waals surface area contributed by atoms with Gasteiger partial charge in [-0.1, -0.05) is 27.5 Å². The first-order valence-corrected chi connectivity index (χ1v) is 5.60. The molecule has 0 aliphatic rings. The van der Waals surface area contributed by atoms with Crippen molar-refractivity contribution in [2.75, 3.05) is 13.2 Å². The summed E-state index contributed by atoms with van der Waals surface area (Å²) in [5, 5.41) is 0.525. The zero-order valence-corrected chi connectivity index (χ0v) is 10.5. The molecule has 1 aromatic carbocycles. The van der Waals surface area contributed by atoms with Gasteiger partial charge in [0.1, 0.15) is 16.5 Å². The van der Waals surface area contributed by atoms with E-state index in [9.17, 15) is 0 Å². The van der Waals surface area contributed by atoms with Crippen LogP contribution in [-0.4, -0.2) is 13.2 Å². The van der Waals surface area contributed by atoms with Crippen molar-refractivity contribution in [3.63, 3.8) is 0 Å². The molecule has 0 heterocycles. The van der Waals surface area contributed by atoms with Gasteiger partial charge in [-0.2, -0.15) is 0 Å². The molecular formula is C10H12BrClO2. The fourth-order valence-electron chi connectivity index (χ4n) is 1.06. The Morgan fingerprint density at radius 3 is 1.93 bits per heavy atom. The zero-order chi connectivity index (χ0) is 10.6. The third-order valence-electron chi connectivity index (χ3n) is 1.57. The van der Waals surface area contributed by atoms with E-state index < -0.39 is 0 Å². The van der Waals surface area contributed by atoms with Gasteiger partial charge in [0.15, 0.2) is 0 Å². The summed E-state index contributed by atoms with van der Waals surface area (Å²) in [4.78, 5) is 0. The summed E-state index contributed by atoms with van der Waals surface area (Å²) in [7, 11) is 0. The maximum absolute atomic E-state index is 6.07. The van der Waals surface area contributed by atoms with E-state index in [1.807, 2.05) is 26.0 Å². The summed E-state index contributed by atoms with van der Waals surface area (Å²) < 4.78 is 11.6. The largest absolute Gasteiger partial charge is 0.492 e. The van der Waals surface area contributed by atoms with Crippen LogP contribution < -0.4 is 9.47 Å². The first kappa shape index (κ1) is 11.7. The minimum Gasteiger partial charge on any atom is -0.492 e. The molecule has 0 amide bonds. The van der Waals surface area contributed by atoms with Crippen LogP contribution in [-0.2, 0) is 0 Å². The molecule has 4 heteroatoms. The predicted molar refractivity (Wildman–Crippen MR) is 61.5 cm³/mol. The molecule has 0 spiro atoms. The van der Waals surface area contributed by atoms with Gasteiger partial charge in [-0.25, -0.2) is 0 Å². The van der Waals surface area contributed by atoms with E-state index in [0.29, 0.717) is 29.7 Å². The van der Waals surface area contributed by atoms with E-state index in [0.717, 1.165) is 4.47 Å². The average molecular weight is 280 g/mol. The molecule has 0 unspecified atom stereocenters. The molecule has 0 aromatic heterocycles. The van der Waals surface area contributed by atoms with Crippen LogP contribution in [0.2, 0.25) is 5.02 Å². The van der Waals surface area contributed by atoms with Crippen molar-refractivity contribution in [2.24, 2.45) is 0 Å². The zero-order valence-electron chi connectivity index (χ0n) is 8.14. The molecule has 0 saturated carbocycles. The Bertz CT molecular complexity index is 288. The minimum atomic E-state index is 0.525. The molecule has 1 aromatic rings. The fourth-order valence-corrected chi connectivity index (χ4v) is 1.70. The van der Waals surface area contributed by atoms with E-state index in [2.05, 4.69) is 15.9 Å². The van der Waals surface area contributed by atoms with Crippen LogP contribution in [0.3, 0.4) is 0 Å². The Balaban J connectivity index is 3.04. The van der Waals surface area contributed by atoms with Crippen molar-refractivity contribution in [2.45, 2.75) is 13.8 Å². The highest BCUT2D eigenvalue weighted by atomic mass is 79.9. The van der Waals surface area contributed by atoms with Crippen LogP contribution in [0.4, 0.5) is 0 Å². The molecule has 2 nitrogen and oxygen atoms in total. The number of rotatable bonds is 4. The van der Waals surface area contributed by atoms with Gasteiger partial charge in [-0.15, -0.1) is 0 Å². The normalized spacial score (nSPS) is 10.0. The summed E-state index contributed by atoms with van der Waals surface area (Å²) in [5.74, 6) is 1.29. The first-order chi connectivity index (χ1) is 6.69. The van der Waals surface area contributed by atoms with Gasteiger partial charge in [0.05, 0.1) is 13.2 Å². The Hall–Kier alpha value is -0.410. The van der Waals surface area contributed by atoms with E-state index in [1.165, 1.54) is 0 Å². The van der Waals surface area contributed by atoms with Crippen LogP contribution in [0.5, 0.6) is 11.5 Å². The summed E-state index contributed by atoms with van der Waals surface area (Å²) in [6.45, 7) is 5.00. The molecule has 0 aliphatic carbocycles. The SMILES string of the molecule is CCOc1cc(Br)cc(OCC)c1Cl. The molecule has 1 rings (SSSR count). The van der Waals surface area contributed by atoms with Crippen LogP contribution in [0.15, 0.2) is 16.6 Å². The van der Waals surface area contributed by atoms with Crippen molar-refractivity contribution in [1.82, 2.24) is 0 Å². The second-order valence-corrected chi connectivity index (χ2v) is 3.88. The molecule has 0 atom stereocenters. The quantitative estimate of drug-likeness (QED) is 0.832. The van der Waals surface area contributed by atoms with Crippen molar-refractivity contribution >= 4 is 27.5 Å². The smallest absolute Gasteiger partial charge is 0.142 e. The molecule has 0 saturated heterocycles. The number of hydrogen-bond donors (Lipinski definition) is 0. The van der Waals surface area contributed by atoms with Crippen molar-refractivity contribution in [3.8, 4) is 11.5 Å². The summed E-state index contributed by atoms with van der Waals surface area (Å²) in [6, 6.07) is 3.66. The van der Waals surface area contributed by atoms with Crippen molar-refractivity contribution in [1.29, 1.82) is 0 Å². The Kier molecular flexibility index (Phi) is 4.55. The molecule has 0 radical (unpaired) electrons. The minimum absolute atomic E-state index is 0.525. The highest BCUT2D eigenvalue weighted by Gasteiger charge is 2.09. The highest BCUT2D eigenvalue weighted by molar-refractivity contribution is 9.10. The molecule has 0 aliphatic heterocycles. The lowest BCUT2D eigenvalue weighted by molar-refractivity contribution is 0.323. The third-order valence-corrected chi connectivity index (χ3v) is 2.40. The highest BCUT2D eigenvalue weighted by Crippen LogP contribution is 2.37. The maximum atomic E-state index is 6.07. The van der Waals surface area contributed by atoms with Crippen LogP contribution in [0, 0.1) is 0 Å². The predicted octanol–water partition coefficient (Wildman–Crippen LogP) is 3.90. The second-order valence-electron chi connectivity index (χ2n) is 2.58. The second kappa shape index (κ2) is 5.47. The van der Waals surface area contributed by atoms with Gasteiger partial charge in [0.25, 0.3) is 0 Å². The molecule has 0 fully saturated rings. The Morgan fingerprint density at radius 1 is 1.14 bits per heavy atom. The third kappa shape index (κ3) is 2.79. The summed E-state index contributed by atoms with van der Waals surface area (Å²) in [5.41, 5.74) is 0. The Labute approximate surface area is 97.3 Å². The number of benzene rings is 1.